The Kier molecular flexibility index (Phi) is 3.36. The normalized spacial score (nSPS) is 21.7. The molecule has 0 spiro atoms. The lowest BCUT2D eigenvalue weighted by atomic mass is 9.84. The third-order valence-corrected chi connectivity index (χ3v) is 4.89. The Hall–Kier alpha value is -1.35. The maximum absolute atomic E-state index is 12.6. The highest BCUT2D eigenvalue weighted by Gasteiger charge is 2.52. The zero-order chi connectivity index (χ0) is 15.3. The van der Waals surface area contributed by atoms with Crippen LogP contribution in [0.5, 0.6) is 0 Å². The van der Waals surface area contributed by atoms with Crippen LogP contribution in [0, 0.1) is 0 Å². The predicted molar refractivity (Wildman–Crippen MR) is 85.5 cm³/mol. The summed E-state index contributed by atoms with van der Waals surface area (Å²) in [4.78, 5) is 14.8. The molecule has 3 nitrogen and oxygen atoms in total. The Morgan fingerprint density at radius 3 is 2.19 bits per heavy atom. The van der Waals surface area contributed by atoms with E-state index in [0.717, 1.165) is 25.9 Å². The Morgan fingerprint density at radius 2 is 1.76 bits per heavy atom. The summed E-state index contributed by atoms with van der Waals surface area (Å²) >= 11 is 0. The largest absolute Gasteiger partial charge is 0.350 e. The van der Waals surface area contributed by atoms with Gasteiger partial charge in [0.15, 0.2) is 0 Å². The summed E-state index contributed by atoms with van der Waals surface area (Å²) in [6.45, 7) is 8.60. The van der Waals surface area contributed by atoms with Gasteiger partial charge in [-0.2, -0.15) is 0 Å². The van der Waals surface area contributed by atoms with Crippen LogP contribution < -0.4 is 5.32 Å². The fourth-order valence-corrected chi connectivity index (χ4v) is 3.17. The van der Waals surface area contributed by atoms with E-state index >= 15 is 0 Å². The van der Waals surface area contributed by atoms with Crippen LogP contribution in [0.2, 0.25) is 0 Å². The zero-order valence-corrected chi connectivity index (χ0v) is 13.6. The lowest BCUT2D eigenvalue weighted by Crippen LogP contribution is -2.59. The standard InChI is InChI=1S/C18H26N2O/c1-17(2,3)13-5-7-14(8-6-13)18(9-10-18)16(21)19-15-11-20(4)12-15/h5-8,15H,9-12H2,1-4H3,(H,19,21). The molecule has 1 N–H and O–H groups in total. The van der Waals surface area contributed by atoms with Crippen molar-refractivity contribution in [3.63, 3.8) is 0 Å². The van der Waals surface area contributed by atoms with Crippen molar-refractivity contribution in [3.05, 3.63) is 35.4 Å². The molecule has 1 saturated carbocycles. The highest BCUT2D eigenvalue weighted by atomic mass is 16.2. The van der Waals surface area contributed by atoms with Gasteiger partial charge in [-0.05, 0) is 36.4 Å². The van der Waals surface area contributed by atoms with E-state index in [1.165, 1.54) is 11.1 Å². The average molecular weight is 286 g/mol. The molecule has 1 amide bonds. The first kappa shape index (κ1) is 14.6. The van der Waals surface area contributed by atoms with Crippen LogP contribution in [0.4, 0.5) is 0 Å². The summed E-state index contributed by atoms with van der Waals surface area (Å²) in [5, 5.41) is 3.21. The Bertz CT molecular complexity index is 531. The van der Waals surface area contributed by atoms with Gasteiger partial charge in [0.05, 0.1) is 11.5 Å². The van der Waals surface area contributed by atoms with Gasteiger partial charge in [0.1, 0.15) is 0 Å². The smallest absolute Gasteiger partial charge is 0.230 e. The van der Waals surface area contributed by atoms with Crippen LogP contribution in [0.3, 0.4) is 0 Å². The van der Waals surface area contributed by atoms with E-state index in [0.29, 0.717) is 6.04 Å². The molecule has 3 heteroatoms. The van der Waals surface area contributed by atoms with Gasteiger partial charge in [-0.1, -0.05) is 45.0 Å². The molecule has 21 heavy (non-hydrogen) atoms. The fourth-order valence-electron chi connectivity index (χ4n) is 3.17. The number of likely N-dealkylation sites (N-methyl/N-ethyl adjacent to an activating group) is 1. The van der Waals surface area contributed by atoms with Crippen LogP contribution in [0.1, 0.15) is 44.7 Å². The van der Waals surface area contributed by atoms with Crippen LogP contribution in [0.15, 0.2) is 24.3 Å². The molecule has 1 aliphatic carbocycles. The van der Waals surface area contributed by atoms with Crippen molar-refractivity contribution in [3.8, 4) is 0 Å². The molecule has 1 aliphatic heterocycles. The second kappa shape index (κ2) is 4.84. The summed E-state index contributed by atoms with van der Waals surface area (Å²) in [6, 6.07) is 9.01. The Balaban J connectivity index is 1.71. The molecular weight excluding hydrogens is 260 g/mol. The summed E-state index contributed by atoms with van der Waals surface area (Å²) < 4.78 is 0. The number of nitrogens with zero attached hydrogens (tertiary/aromatic N) is 1. The van der Waals surface area contributed by atoms with E-state index in [1.807, 2.05) is 0 Å². The zero-order valence-electron chi connectivity index (χ0n) is 13.6. The first-order chi connectivity index (χ1) is 9.81. The van der Waals surface area contributed by atoms with Crippen LogP contribution in [0.25, 0.3) is 0 Å². The Labute approximate surface area is 127 Å². The summed E-state index contributed by atoms with van der Waals surface area (Å²) in [5.74, 6) is 0.226. The molecule has 1 aromatic rings. The van der Waals surface area contributed by atoms with Gasteiger partial charge in [0.25, 0.3) is 0 Å². The molecule has 114 valence electrons. The number of nitrogens with one attached hydrogen (secondary N) is 1. The minimum Gasteiger partial charge on any atom is -0.350 e. The third kappa shape index (κ3) is 2.71. The van der Waals surface area contributed by atoms with Crippen LogP contribution >= 0.6 is 0 Å². The molecule has 1 aromatic carbocycles. The number of hydrogen-bond donors (Lipinski definition) is 1. The number of carbonyl (C=O) groups is 1. The van der Waals surface area contributed by atoms with E-state index in [9.17, 15) is 4.79 Å². The first-order valence-electron chi connectivity index (χ1n) is 7.92. The Morgan fingerprint density at radius 1 is 1.19 bits per heavy atom. The van der Waals surface area contributed by atoms with Gasteiger partial charge in [-0.3, -0.25) is 4.79 Å². The third-order valence-electron chi connectivity index (χ3n) is 4.89. The molecule has 0 bridgehead atoms. The lowest BCUT2D eigenvalue weighted by molar-refractivity contribution is -0.125. The maximum atomic E-state index is 12.6. The molecule has 3 rings (SSSR count). The van der Waals surface area contributed by atoms with Gasteiger partial charge in [0, 0.05) is 13.1 Å². The molecule has 0 radical (unpaired) electrons. The number of hydrogen-bond acceptors (Lipinski definition) is 2. The number of rotatable bonds is 3. The molecule has 0 atom stereocenters. The SMILES string of the molecule is CN1CC(NC(=O)C2(c3ccc(C(C)(C)C)cc3)CC2)C1. The number of likely N-dealkylation sites (tertiary alicyclic amines) is 1. The van der Waals surface area contributed by atoms with E-state index in [4.69, 9.17) is 0 Å². The molecule has 1 heterocycles. The topological polar surface area (TPSA) is 32.3 Å². The van der Waals surface area contributed by atoms with Crippen molar-refractivity contribution < 1.29 is 4.79 Å². The molecule has 1 saturated heterocycles. The first-order valence-corrected chi connectivity index (χ1v) is 7.92. The fraction of sp³-hybridized carbons (Fsp3) is 0.611. The van der Waals surface area contributed by atoms with Crippen molar-refractivity contribution in [1.29, 1.82) is 0 Å². The van der Waals surface area contributed by atoms with E-state index < -0.39 is 0 Å². The van der Waals surface area contributed by atoms with Crippen LogP contribution in [-0.2, 0) is 15.6 Å². The number of carbonyl (C=O) groups excluding carboxylic acids is 1. The monoisotopic (exact) mass is 286 g/mol. The predicted octanol–water partition coefficient (Wildman–Crippen LogP) is 2.45. The summed E-state index contributed by atoms with van der Waals surface area (Å²) in [5.41, 5.74) is 2.42. The summed E-state index contributed by atoms with van der Waals surface area (Å²) in [6.07, 6.45) is 1.96. The molecule has 2 fully saturated rings. The van der Waals surface area contributed by atoms with Gasteiger partial charge in [0.2, 0.25) is 5.91 Å². The number of benzene rings is 1. The van der Waals surface area contributed by atoms with Crippen molar-refractivity contribution in [2.24, 2.45) is 0 Å². The quantitative estimate of drug-likeness (QED) is 0.925. The molecular formula is C18H26N2O. The summed E-state index contributed by atoms with van der Waals surface area (Å²) in [7, 11) is 2.08. The van der Waals surface area contributed by atoms with E-state index in [1.54, 1.807) is 0 Å². The second-order valence-corrected chi connectivity index (χ2v) is 7.80. The lowest BCUT2D eigenvalue weighted by Gasteiger charge is -2.37. The van der Waals surface area contributed by atoms with Gasteiger partial charge >= 0.3 is 0 Å². The maximum Gasteiger partial charge on any atom is 0.230 e. The highest BCUT2D eigenvalue weighted by molar-refractivity contribution is 5.91. The molecule has 2 aliphatic rings. The van der Waals surface area contributed by atoms with Crippen molar-refractivity contribution in [1.82, 2.24) is 10.2 Å². The van der Waals surface area contributed by atoms with E-state index in [2.05, 4.69) is 62.3 Å². The van der Waals surface area contributed by atoms with Crippen molar-refractivity contribution in [2.45, 2.75) is 50.5 Å². The molecule has 0 unspecified atom stereocenters. The minimum atomic E-state index is -0.245. The van der Waals surface area contributed by atoms with Crippen molar-refractivity contribution in [2.75, 3.05) is 20.1 Å². The van der Waals surface area contributed by atoms with Gasteiger partial charge in [-0.15, -0.1) is 0 Å². The number of amides is 1. The van der Waals surface area contributed by atoms with Crippen molar-refractivity contribution >= 4 is 5.91 Å². The second-order valence-electron chi connectivity index (χ2n) is 7.80. The van der Waals surface area contributed by atoms with Gasteiger partial charge in [-0.25, -0.2) is 0 Å². The minimum absolute atomic E-state index is 0.161. The molecule has 0 aromatic heterocycles. The van der Waals surface area contributed by atoms with Gasteiger partial charge < -0.3 is 10.2 Å². The average Bonchev–Trinajstić information content (AvgIpc) is 3.17. The van der Waals surface area contributed by atoms with E-state index in [-0.39, 0.29) is 16.7 Å². The van der Waals surface area contributed by atoms with Crippen LogP contribution in [-0.4, -0.2) is 37.0 Å². The highest BCUT2D eigenvalue weighted by Crippen LogP contribution is 2.48.